The normalized spacial score (nSPS) is 21.4. The van der Waals surface area contributed by atoms with Gasteiger partial charge in [0.05, 0.1) is 44.7 Å². The first-order chi connectivity index (χ1) is 15.9. The number of hydrogen-bond donors (Lipinski definition) is 2. The number of imide groups is 1. The van der Waals surface area contributed by atoms with E-state index < -0.39 is 11.8 Å². The van der Waals surface area contributed by atoms with Crippen molar-refractivity contribution in [2.45, 2.75) is 18.3 Å². The summed E-state index contributed by atoms with van der Waals surface area (Å²) in [6, 6.07) is 7.69. The van der Waals surface area contributed by atoms with Crippen LogP contribution in [0.3, 0.4) is 0 Å². The molecule has 3 aromatic rings. The van der Waals surface area contributed by atoms with Crippen LogP contribution in [0.25, 0.3) is 10.9 Å². The summed E-state index contributed by atoms with van der Waals surface area (Å²) in [6.07, 6.45) is 0.471. The third kappa shape index (κ3) is 3.17. The molecular weight excluding hydrogens is 492 g/mol. The van der Waals surface area contributed by atoms with Crippen LogP contribution in [0, 0.1) is 5.92 Å². The van der Waals surface area contributed by atoms with Crippen LogP contribution >= 0.6 is 15.9 Å². The smallest absolute Gasteiger partial charge is 0.236 e. The molecule has 3 atom stereocenters. The van der Waals surface area contributed by atoms with Gasteiger partial charge in [0.1, 0.15) is 5.75 Å². The summed E-state index contributed by atoms with van der Waals surface area (Å²) in [5, 5.41) is 3.45. The zero-order chi connectivity index (χ0) is 23.4. The molecule has 1 saturated heterocycles. The Hall–Kier alpha value is -3.20. The number of rotatable bonds is 5. The van der Waals surface area contributed by atoms with Gasteiger partial charge in [-0.15, -0.1) is 0 Å². The standard InChI is InChI=1S/C24H23BrN2O6/c1-30-16-8-12-15(9-14(16)25)26-21-19(12)11(7-13-20(21)24(29)27-23(13)28)10-5-17(31-2)22(33-4)18(6-10)32-3/h5-6,8-9,11,13,20,26H,7H2,1-4H3,(H,27,28,29)/t11-,13-,20-/m1/s1. The van der Waals surface area contributed by atoms with Crippen molar-refractivity contribution in [3.63, 3.8) is 0 Å². The average molecular weight is 515 g/mol. The SMILES string of the molecule is COc1cc2c3c([nH]c2cc1Br)[C@@H]1C(=O)NC(=O)[C@@H]1C[C@@H]3c1cc(OC)c(OC)c(OC)c1. The van der Waals surface area contributed by atoms with Crippen molar-refractivity contribution < 1.29 is 28.5 Å². The topological polar surface area (TPSA) is 98.9 Å². The van der Waals surface area contributed by atoms with Gasteiger partial charge in [-0.05, 0) is 57.7 Å². The fourth-order valence-corrected chi connectivity index (χ4v) is 5.70. The molecule has 2 heterocycles. The molecular formula is C24H23BrN2O6. The summed E-state index contributed by atoms with van der Waals surface area (Å²) in [7, 11) is 6.31. The Kier molecular flexibility index (Phi) is 5.23. The van der Waals surface area contributed by atoms with E-state index in [1.54, 1.807) is 28.4 Å². The number of benzene rings is 2. The maximum atomic E-state index is 12.7. The molecule has 0 saturated carbocycles. The molecule has 0 radical (unpaired) electrons. The predicted octanol–water partition coefficient (Wildman–Crippen LogP) is 3.86. The monoisotopic (exact) mass is 514 g/mol. The second-order valence-corrected chi connectivity index (χ2v) is 9.02. The summed E-state index contributed by atoms with van der Waals surface area (Å²) >= 11 is 3.54. The van der Waals surface area contributed by atoms with Crippen molar-refractivity contribution in [1.29, 1.82) is 0 Å². The number of hydrogen-bond acceptors (Lipinski definition) is 6. The molecule has 5 rings (SSSR count). The van der Waals surface area contributed by atoms with E-state index in [0.717, 1.165) is 32.2 Å². The summed E-state index contributed by atoms with van der Waals surface area (Å²) in [5.41, 5.74) is 3.48. The Morgan fingerprint density at radius 1 is 0.879 bits per heavy atom. The highest BCUT2D eigenvalue weighted by molar-refractivity contribution is 9.10. The predicted molar refractivity (Wildman–Crippen MR) is 124 cm³/mol. The van der Waals surface area contributed by atoms with E-state index in [-0.39, 0.29) is 17.7 Å². The van der Waals surface area contributed by atoms with Crippen molar-refractivity contribution in [3.05, 3.63) is 45.6 Å². The molecule has 8 nitrogen and oxygen atoms in total. The van der Waals surface area contributed by atoms with Crippen molar-refractivity contribution in [2.75, 3.05) is 28.4 Å². The molecule has 9 heteroatoms. The van der Waals surface area contributed by atoms with Gasteiger partial charge in [0.2, 0.25) is 17.6 Å². The number of methoxy groups -OCH3 is 4. The quantitative estimate of drug-likeness (QED) is 0.501. The maximum Gasteiger partial charge on any atom is 0.236 e. The summed E-state index contributed by atoms with van der Waals surface area (Å²) in [6.45, 7) is 0. The fourth-order valence-electron chi connectivity index (χ4n) is 5.19. The second-order valence-electron chi connectivity index (χ2n) is 8.17. The first kappa shape index (κ1) is 21.6. The molecule has 1 fully saturated rings. The molecule has 2 aromatic carbocycles. The largest absolute Gasteiger partial charge is 0.496 e. The highest BCUT2D eigenvalue weighted by atomic mass is 79.9. The first-order valence-electron chi connectivity index (χ1n) is 10.4. The summed E-state index contributed by atoms with van der Waals surface area (Å²) in [4.78, 5) is 28.8. The lowest BCUT2D eigenvalue weighted by molar-refractivity contribution is -0.125. The number of aromatic amines is 1. The zero-order valence-electron chi connectivity index (χ0n) is 18.6. The van der Waals surface area contributed by atoms with Crippen molar-refractivity contribution >= 4 is 38.6 Å². The third-order valence-corrected chi connectivity index (χ3v) is 7.27. The number of amides is 2. The molecule has 0 bridgehead atoms. The van der Waals surface area contributed by atoms with E-state index in [4.69, 9.17) is 18.9 Å². The van der Waals surface area contributed by atoms with Crippen molar-refractivity contribution in [1.82, 2.24) is 10.3 Å². The molecule has 172 valence electrons. The van der Waals surface area contributed by atoms with Gasteiger partial charge in [-0.3, -0.25) is 14.9 Å². The molecule has 2 amide bonds. The molecule has 0 spiro atoms. The van der Waals surface area contributed by atoms with Gasteiger partial charge >= 0.3 is 0 Å². The van der Waals surface area contributed by atoms with E-state index in [1.807, 2.05) is 24.3 Å². The van der Waals surface area contributed by atoms with Crippen LogP contribution in [0.15, 0.2) is 28.7 Å². The Morgan fingerprint density at radius 2 is 1.55 bits per heavy atom. The number of carbonyl (C=O) groups excluding carboxylic acids is 2. The Morgan fingerprint density at radius 3 is 2.15 bits per heavy atom. The van der Waals surface area contributed by atoms with Gasteiger partial charge in [0.25, 0.3) is 0 Å². The number of ether oxygens (including phenoxy) is 4. The maximum absolute atomic E-state index is 12.7. The fraction of sp³-hybridized carbons (Fsp3) is 0.333. The van der Waals surface area contributed by atoms with E-state index in [9.17, 15) is 9.59 Å². The lowest BCUT2D eigenvalue weighted by atomic mass is 9.71. The third-order valence-electron chi connectivity index (χ3n) is 6.65. The van der Waals surface area contributed by atoms with E-state index in [1.165, 1.54) is 0 Å². The van der Waals surface area contributed by atoms with Gasteiger partial charge in [0.15, 0.2) is 11.5 Å². The highest BCUT2D eigenvalue weighted by Gasteiger charge is 2.50. The zero-order valence-corrected chi connectivity index (χ0v) is 20.2. The number of fused-ring (bicyclic) bond motifs is 5. The van der Waals surface area contributed by atoms with Crippen molar-refractivity contribution in [2.24, 2.45) is 5.92 Å². The van der Waals surface area contributed by atoms with Gasteiger partial charge in [0, 0.05) is 22.5 Å². The van der Waals surface area contributed by atoms with Crippen molar-refractivity contribution in [3.8, 4) is 23.0 Å². The minimum Gasteiger partial charge on any atom is -0.496 e. The average Bonchev–Trinajstić information content (AvgIpc) is 3.32. The Balaban J connectivity index is 1.79. The van der Waals surface area contributed by atoms with Gasteiger partial charge < -0.3 is 23.9 Å². The van der Waals surface area contributed by atoms with Gasteiger partial charge in [-0.25, -0.2) is 0 Å². The van der Waals surface area contributed by atoms with Gasteiger partial charge in [-0.1, -0.05) is 0 Å². The van der Waals surface area contributed by atoms with Crippen LogP contribution in [0.1, 0.15) is 35.1 Å². The molecule has 1 aliphatic heterocycles. The summed E-state index contributed by atoms with van der Waals surface area (Å²) < 4.78 is 23.0. The molecule has 2 aliphatic rings. The van der Waals surface area contributed by atoms with Crippen LogP contribution in [-0.2, 0) is 9.59 Å². The number of halogens is 1. The number of H-pyrrole nitrogens is 1. The first-order valence-corrected chi connectivity index (χ1v) is 11.2. The van der Waals surface area contributed by atoms with Crippen LogP contribution in [-0.4, -0.2) is 45.2 Å². The lowest BCUT2D eigenvalue weighted by Crippen LogP contribution is -2.26. The van der Waals surface area contributed by atoms with Crippen LogP contribution in [0.4, 0.5) is 0 Å². The molecule has 2 N–H and O–H groups in total. The molecule has 33 heavy (non-hydrogen) atoms. The van der Waals surface area contributed by atoms with Crippen LogP contribution in [0.2, 0.25) is 0 Å². The Labute approximate surface area is 198 Å². The number of aromatic nitrogens is 1. The minimum absolute atomic E-state index is 0.189. The van der Waals surface area contributed by atoms with Crippen LogP contribution in [0.5, 0.6) is 23.0 Å². The number of nitrogens with one attached hydrogen (secondary N) is 2. The van der Waals surface area contributed by atoms with Gasteiger partial charge in [-0.2, -0.15) is 0 Å². The van der Waals surface area contributed by atoms with E-state index >= 15 is 0 Å². The van der Waals surface area contributed by atoms with Crippen LogP contribution < -0.4 is 24.3 Å². The van der Waals surface area contributed by atoms with E-state index in [2.05, 4.69) is 26.2 Å². The second kappa shape index (κ2) is 7.98. The molecule has 1 aromatic heterocycles. The number of carbonyl (C=O) groups is 2. The Bertz CT molecular complexity index is 1270. The molecule has 0 unspecified atom stereocenters. The highest BCUT2D eigenvalue weighted by Crippen LogP contribution is 2.52. The minimum atomic E-state index is -0.553. The van der Waals surface area contributed by atoms with E-state index in [0.29, 0.717) is 29.4 Å². The summed E-state index contributed by atoms with van der Waals surface area (Å²) in [5.74, 6) is 0.516. The molecule has 1 aliphatic carbocycles. The lowest BCUT2D eigenvalue weighted by Gasteiger charge is -2.30.